The van der Waals surface area contributed by atoms with Gasteiger partial charge in [-0.2, -0.15) is 4.98 Å². The van der Waals surface area contributed by atoms with Gasteiger partial charge in [-0.1, -0.05) is 11.6 Å². The molecule has 3 rings (SSSR count). The van der Waals surface area contributed by atoms with E-state index in [4.69, 9.17) is 26.2 Å². The zero-order chi connectivity index (χ0) is 17.1. The number of halogens is 1. The quantitative estimate of drug-likeness (QED) is 0.760. The first-order valence-electron chi connectivity index (χ1n) is 7.97. The van der Waals surface area contributed by atoms with Crippen LogP contribution in [0.4, 0.5) is 5.95 Å². The van der Waals surface area contributed by atoms with Crippen molar-refractivity contribution in [1.82, 2.24) is 14.9 Å². The molecule has 2 aliphatic rings. The Balaban J connectivity index is 1.58. The van der Waals surface area contributed by atoms with Gasteiger partial charge in [-0.25, -0.2) is 4.98 Å². The maximum absolute atomic E-state index is 11.5. The molecule has 0 spiro atoms. The van der Waals surface area contributed by atoms with E-state index < -0.39 is 6.61 Å². The lowest BCUT2D eigenvalue weighted by Gasteiger charge is -2.40. The lowest BCUT2D eigenvalue weighted by atomic mass is 9.88. The molecular formula is C15H21ClN4O4. The van der Waals surface area contributed by atoms with E-state index >= 15 is 0 Å². The van der Waals surface area contributed by atoms with Crippen molar-refractivity contribution in [3.8, 4) is 5.88 Å². The number of anilines is 1. The van der Waals surface area contributed by atoms with E-state index in [1.807, 2.05) is 4.90 Å². The molecular weight excluding hydrogens is 336 g/mol. The van der Waals surface area contributed by atoms with Crippen molar-refractivity contribution in [3.63, 3.8) is 0 Å². The Morgan fingerprint density at radius 3 is 2.83 bits per heavy atom. The molecule has 0 unspecified atom stereocenters. The average Bonchev–Trinajstić information content (AvgIpc) is 2.56. The molecule has 9 heteroatoms. The fourth-order valence-corrected chi connectivity index (χ4v) is 2.96. The highest BCUT2D eigenvalue weighted by Gasteiger charge is 2.36. The fourth-order valence-electron chi connectivity index (χ4n) is 2.79. The predicted molar refractivity (Wildman–Crippen MR) is 87.4 cm³/mol. The van der Waals surface area contributed by atoms with E-state index in [0.29, 0.717) is 43.0 Å². The van der Waals surface area contributed by atoms with Crippen LogP contribution < -0.4 is 9.64 Å². The van der Waals surface area contributed by atoms with Gasteiger partial charge in [0.15, 0.2) is 0 Å². The minimum atomic E-state index is -0.469. The Morgan fingerprint density at radius 1 is 1.46 bits per heavy atom. The van der Waals surface area contributed by atoms with Crippen molar-refractivity contribution in [2.75, 3.05) is 44.9 Å². The van der Waals surface area contributed by atoms with Crippen LogP contribution in [0, 0.1) is 0 Å². The van der Waals surface area contributed by atoms with Gasteiger partial charge in [0.1, 0.15) is 17.9 Å². The van der Waals surface area contributed by atoms with Crippen LogP contribution in [-0.4, -0.2) is 78.0 Å². The number of nitrogens with zero attached hydrogens (tertiary/aromatic N) is 4. The summed E-state index contributed by atoms with van der Waals surface area (Å²) in [6.45, 7) is 2.25. The van der Waals surface area contributed by atoms with Crippen molar-refractivity contribution in [3.05, 3.63) is 11.2 Å². The molecule has 1 saturated carbocycles. The van der Waals surface area contributed by atoms with Gasteiger partial charge in [0.05, 0.1) is 13.2 Å². The van der Waals surface area contributed by atoms with Gasteiger partial charge in [0.2, 0.25) is 17.7 Å². The molecule has 24 heavy (non-hydrogen) atoms. The summed E-state index contributed by atoms with van der Waals surface area (Å²) in [6, 6.07) is 1.69. The minimum absolute atomic E-state index is 0.0209. The number of hydrogen-bond acceptors (Lipinski definition) is 7. The summed E-state index contributed by atoms with van der Waals surface area (Å²) in [5.41, 5.74) is 0. The Bertz CT molecular complexity index is 591. The third kappa shape index (κ3) is 3.88. The molecule has 132 valence electrons. The van der Waals surface area contributed by atoms with Crippen LogP contribution in [0.15, 0.2) is 6.07 Å². The molecule has 0 bridgehead atoms. The molecule has 0 atom stereocenters. The van der Waals surface area contributed by atoms with Crippen LogP contribution >= 0.6 is 11.6 Å². The normalized spacial score (nSPS) is 23.5. The first-order chi connectivity index (χ1) is 11.6. The minimum Gasteiger partial charge on any atom is -0.474 e. The number of ether oxygens (including phenoxy) is 2. The fraction of sp³-hybridized carbons (Fsp3) is 0.667. The van der Waals surface area contributed by atoms with Crippen molar-refractivity contribution < 1.29 is 19.4 Å². The van der Waals surface area contributed by atoms with Gasteiger partial charge >= 0.3 is 0 Å². The number of aliphatic hydroxyl groups excluding tert-OH is 1. The Kier molecular flexibility index (Phi) is 5.37. The average molecular weight is 357 g/mol. The third-order valence-corrected chi connectivity index (χ3v) is 4.58. The van der Waals surface area contributed by atoms with Gasteiger partial charge in [0.25, 0.3) is 0 Å². The van der Waals surface area contributed by atoms with E-state index in [-0.39, 0.29) is 18.1 Å². The summed E-state index contributed by atoms with van der Waals surface area (Å²) in [7, 11) is 1.69. The zero-order valence-corrected chi connectivity index (χ0v) is 14.3. The van der Waals surface area contributed by atoms with Crippen molar-refractivity contribution >= 4 is 23.5 Å². The van der Waals surface area contributed by atoms with E-state index in [9.17, 15) is 4.79 Å². The van der Waals surface area contributed by atoms with E-state index in [2.05, 4.69) is 9.97 Å². The van der Waals surface area contributed by atoms with Crippen molar-refractivity contribution in [2.45, 2.75) is 25.0 Å². The number of aliphatic hydroxyl groups is 1. The summed E-state index contributed by atoms with van der Waals surface area (Å²) < 4.78 is 11.2. The molecule has 1 aromatic rings. The molecule has 1 N–H and O–H groups in total. The number of hydrogen-bond donors (Lipinski definition) is 1. The lowest BCUT2D eigenvalue weighted by Crippen LogP contribution is -2.50. The van der Waals surface area contributed by atoms with Gasteiger partial charge in [-0.15, -0.1) is 0 Å². The lowest BCUT2D eigenvalue weighted by molar-refractivity contribution is -0.138. The van der Waals surface area contributed by atoms with Crippen LogP contribution in [0.25, 0.3) is 0 Å². The molecule has 8 nitrogen and oxygen atoms in total. The summed E-state index contributed by atoms with van der Waals surface area (Å²) in [4.78, 5) is 23.7. The van der Waals surface area contributed by atoms with E-state index in [0.717, 1.165) is 13.1 Å². The summed E-state index contributed by atoms with van der Waals surface area (Å²) in [5, 5.41) is 9.23. The largest absolute Gasteiger partial charge is 0.474 e. The molecule has 1 aliphatic carbocycles. The second-order valence-electron chi connectivity index (χ2n) is 5.96. The zero-order valence-electron chi connectivity index (χ0n) is 13.5. The summed E-state index contributed by atoms with van der Waals surface area (Å²) in [5.74, 6) is 0.707. The van der Waals surface area contributed by atoms with Crippen LogP contribution in [0.3, 0.4) is 0 Å². The number of carbonyl (C=O) groups is 1. The van der Waals surface area contributed by atoms with Crippen molar-refractivity contribution in [1.29, 1.82) is 0 Å². The Hall–Kier alpha value is -1.64. The summed E-state index contributed by atoms with van der Waals surface area (Å²) in [6.07, 6.45) is 1.39. The van der Waals surface area contributed by atoms with Crippen LogP contribution in [0.2, 0.25) is 5.15 Å². The molecule has 1 amide bonds. The molecule has 0 radical (unpaired) electrons. The Morgan fingerprint density at radius 2 is 2.17 bits per heavy atom. The number of carbonyl (C=O) groups excluding carboxylic acids is 1. The second-order valence-corrected chi connectivity index (χ2v) is 6.34. The molecule has 2 fully saturated rings. The number of rotatable bonds is 5. The number of amides is 1. The smallest absolute Gasteiger partial charge is 0.248 e. The monoisotopic (exact) mass is 356 g/mol. The Labute approximate surface area is 145 Å². The van der Waals surface area contributed by atoms with Crippen LogP contribution in [-0.2, 0) is 9.53 Å². The van der Waals surface area contributed by atoms with Crippen LogP contribution in [0.1, 0.15) is 12.8 Å². The molecule has 1 saturated heterocycles. The maximum Gasteiger partial charge on any atom is 0.248 e. The highest BCUT2D eigenvalue weighted by Crippen LogP contribution is 2.30. The second kappa shape index (κ2) is 7.50. The SMILES string of the molecule is CN(C(=O)CO)C1CC(Oc2cc(Cl)nc(N3CCOCC3)n2)C1. The molecule has 1 aromatic heterocycles. The van der Waals surface area contributed by atoms with Gasteiger partial charge in [0, 0.05) is 45.1 Å². The van der Waals surface area contributed by atoms with E-state index in [1.54, 1.807) is 18.0 Å². The van der Waals surface area contributed by atoms with Gasteiger partial charge in [-0.05, 0) is 0 Å². The standard InChI is InChI=1S/C15H21ClN4O4/c1-19(14(22)9-21)10-6-11(7-10)24-13-8-12(16)17-15(18-13)20-2-4-23-5-3-20/h8,10-11,21H,2-7,9H2,1H3. The molecule has 0 aromatic carbocycles. The third-order valence-electron chi connectivity index (χ3n) is 4.39. The van der Waals surface area contributed by atoms with Gasteiger partial charge < -0.3 is 24.4 Å². The molecule has 2 heterocycles. The van der Waals surface area contributed by atoms with Crippen LogP contribution in [0.5, 0.6) is 5.88 Å². The highest BCUT2D eigenvalue weighted by atomic mass is 35.5. The highest BCUT2D eigenvalue weighted by molar-refractivity contribution is 6.29. The topological polar surface area (TPSA) is 88.0 Å². The van der Waals surface area contributed by atoms with E-state index in [1.165, 1.54) is 0 Å². The van der Waals surface area contributed by atoms with Gasteiger partial charge in [-0.3, -0.25) is 4.79 Å². The van der Waals surface area contributed by atoms with Crippen molar-refractivity contribution in [2.24, 2.45) is 0 Å². The maximum atomic E-state index is 11.5. The molecule has 1 aliphatic heterocycles. The summed E-state index contributed by atoms with van der Waals surface area (Å²) >= 11 is 6.08. The first kappa shape index (κ1) is 17.2. The number of aromatic nitrogens is 2. The number of morpholine rings is 1. The first-order valence-corrected chi connectivity index (χ1v) is 8.35. The predicted octanol–water partition coefficient (Wildman–Crippen LogP) is 0.327. The number of likely N-dealkylation sites (N-methyl/N-ethyl adjacent to an activating group) is 1.